The molecule has 0 aromatic heterocycles. The molecule has 0 radical (unpaired) electrons. The number of amides is 1. The summed E-state index contributed by atoms with van der Waals surface area (Å²) in [6.07, 6.45) is 0.579. The van der Waals surface area contributed by atoms with E-state index in [0.717, 1.165) is 12.8 Å². The van der Waals surface area contributed by atoms with Crippen LogP contribution < -0.4 is 4.72 Å². The van der Waals surface area contributed by atoms with E-state index in [2.05, 4.69) is 4.72 Å². The topological polar surface area (TPSA) is 102 Å². The maximum Gasteiger partial charge on any atom is 0.339 e. The van der Waals surface area contributed by atoms with E-state index in [1.165, 1.54) is 24.3 Å². The first-order chi connectivity index (χ1) is 14.9. The number of esters is 1. The third kappa shape index (κ3) is 5.30. The molecule has 1 atom stereocenters. The third-order valence-corrected chi connectivity index (χ3v) is 6.71. The van der Waals surface area contributed by atoms with E-state index in [1.54, 1.807) is 29.2 Å². The van der Waals surface area contributed by atoms with Crippen molar-refractivity contribution in [2.75, 3.05) is 26.3 Å². The lowest BCUT2D eigenvalue weighted by atomic mass is 10.1. The lowest BCUT2D eigenvalue weighted by molar-refractivity contribution is -0.145. The van der Waals surface area contributed by atoms with E-state index < -0.39 is 22.1 Å². The van der Waals surface area contributed by atoms with Crippen molar-refractivity contribution in [3.63, 3.8) is 0 Å². The van der Waals surface area contributed by atoms with Crippen LogP contribution in [0.3, 0.4) is 0 Å². The van der Waals surface area contributed by atoms with Gasteiger partial charge in [-0.3, -0.25) is 4.79 Å². The van der Waals surface area contributed by atoms with Crippen LogP contribution in [0.1, 0.15) is 34.9 Å². The highest BCUT2D eigenvalue weighted by Gasteiger charge is 2.31. The summed E-state index contributed by atoms with van der Waals surface area (Å²) >= 11 is 0. The number of carbonyl (C=O) groups is 2. The van der Waals surface area contributed by atoms with Crippen molar-refractivity contribution in [2.24, 2.45) is 0 Å². The molecule has 2 aliphatic rings. The average molecular weight is 445 g/mol. The molecule has 1 N–H and O–H groups in total. The van der Waals surface area contributed by atoms with Gasteiger partial charge in [-0.15, -0.1) is 0 Å². The fourth-order valence-corrected chi connectivity index (χ4v) is 4.58. The molecule has 0 bridgehead atoms. The normalized spacial score (nSPS) is 17.7. The van der Waals surface area contributed by atoms with Gasteiger partial charge in [0.15, 0.2) is 0 Å². The standard InChI is InChI=1S/C22H24N2O6S/c25-21(24-12-14-29-15-13-24)20(16-4-2-1-3-5-16)30-22(26)17-6-10-19(11-7-17)31(27,28)23-18-8-9-18/h1-7,10-11,18,20,23H,8-9,12-15H2/t20-/m1/s1. The summed E-state index contributed by atoms with van der Waals surface area (Å²) in [6, 6.07) is 14.3. The summed E-state index contributed by atoms with van der Waals surface area (Å²) in [5.74, 6) is -1.01. The first-order valence-electron chi connectivity index (χ1n) is 10.2. The largest absolute Gasteiger partial charge is 0.444 e. The van der Waals surface area contributed by atoms with Crippen molar-refractivity contribution in [2.45, 2.75) is 29.9 Å². The summed E-state index contributed by atoms with van der Waals surface area (Å²) in [5, 5.41) is 0. The zero-order chi connectivity index (χ0) is 21.8. The second-order valence-electron chi connectivity index (χ2n) is 7.55. The van der Waals surface area contributed by atoms with Gasteiger partial charge in [0.05, 0.1) is 23.7 Å². The van der Waals surface area contributed by atoms with Gasteiger partial charge >= 0.3 is 5.97 Å². The second kappa shape index (κ2) is 9.17. The van der Waals surface area contributed by atoms with E-state index in [-0.39, 0.29) is 22.4 Å². The van der Waals surface area contributed by atoms with Crippen molar-refractivity contribution in [1.29, 1.82) is 0 Å². The summed E-state index contributed by atoms with van der Waals surface area (Å²) in [7, 11) is -3.61. The molecule has 0 spiro atoms. The van der Waals surface area contributed by atoms with Gasteiger partial charge < -0.3 is 14.4 Å². The zero-order valence-corrected chi connectivity index (χ0v) is 17.7. The molecule has 1 amide bonds. The van der Waals surface area contributed by atoms with Crippen LogP contribution in [0.2, 0.25) is 0 Å². The quantitative estimate of drug-likeness (QED) is 0.655. The number of carbonyl (C=O) groups excluding carboxylic acids is 2. The number of hydrogen-bond acceptors (Lipinski definition) is 6. The first kappa shape index (κ1) is 21.5. The van der Waals surface area contributed by atoms with Crippen LogP contribution in [0, 0.1) is 0 Å². The van der Waals surface area contributed by atoms with Crippen LogP contribution in [0.15, 0.2) is 59.5 Å². The highest BCUT2D eigenvalue weighted by Crippen LogP contribution is 2.24. The van der Waals surface area contributed by atoms with E-state index in [0.29, 0.717) is 31.9 Å². The Balaban J connectivity index is 1.51. The van der Waals surface area contributed by atoms with Gasteiger partial charge in [-0.1, -0.05) is 30.3 Å². The van der Waals surface area contributed by atoms with Gasteiger partial charge in [0.25, 0.3) is 5.91 Å². The molecule has 2 aromatic rings. The molecule has 1 saturated heterocycles. The number of sulfonamides is 1. The minimum atomic E-state index is -3.61. The number of rotatable bonds is 7. The number of ether oxygens (including phenoxy) is 2. The van der Waals surface area contributed by atoms with E-state index in [1.807, 2.05) is 6.07 Å². The summed E-state index contributed by atoms with van der Waals surface area (Å²) in [6.45, 7) is 1.73. The molecule has 1 saturated carbocycles. The molecule has 1 heterocycles. The highest BCUT2D eigenvalue weighted by molar-refractivity contribution is 7.89. The lowest BCUT2D eigenvalue weighted by Crippen LogP contribution is -2.44. The van der Waals surface area contributed by atoms with Gasteiger partial charge in [-0.25, -0.2) is 17.9 Å². The minimum absolute atomic E-state index is 0.00697. The predicted octanol–water partition coefficient (Wildman–Crippen LogP) is 1.88. The number of morpholine rings is 1. The lowest BCUT2D eigenvalue weighted by Gasteiger charge is -2.30. The van der Waals surface area contributed by atoms with Gasteiger partial charge in [0.1, 0.15) is 0 Å². The molecule has 0 unspecified atom stereocenters. The monoisotopic (exact) mass is 444 g/mol. The van der Waals surface area contributed by atoms with Crippen molar-refractivity contribution < 1.29 is 27.5 Å². The Morgan fingerprint density at radius 1 is 1.00 bits per heavy atom. The van der Waals surface area contributed by atoms with Crippen LogP contribution >= 0.6 is 0 Å². The smallest absolute Gasteiger partial charge is 0.339 e. The minimum Gasteiger partial charge on any atom is -0.444 e. The molecular formula is C22H24N2O6S. The maximum absolute atomic E-state index is 13.1. The van der Waals surface area contributed by atoms with Gasteiger partial charge in [-0.05, 0) is 37.1 Å². The summed E-state index contributed by atoms with van der Waals surface area (Å²) < 4.78 is 38.1. The molecule has 2 fully saturated rings. The molecule has 31 heavy (non-hydrogen) atoms. The van der Waals surface area contributed by atoms with Crippen LogP contribution in [0.5, 0.6) is 0 Å². The van der Waals surface area contributed by atoms with Gasteiger partial charge in [0.2, 0.25) is 16.1 Å². The molecular weight excluding hydrogens is 420 g/mol. The first-order valence-corrected chi connectivity index (χ1v) is 11.7. The van der Waals surface area contributed by atoms with Crippen LogP contribution in [-0.2, 0) is 24.3 Å². The van der Waals surface area contributed by atoms with Crippen molar-refractivity contribution in [1.82, 2.24) is 9.62 Å². The Hall–Kier alpha value is -2.75. The second-order valence-corrected chi connectivity index (χ2v) is 9.27. The van der Waals surface area contributed by atoms with Crippen molar-refractivity contribution in [3.05, 3.63) is 65.7 Å². The predicted molar refractivity (Wildman–Crippen MR) is 112 cm³/mol. The fraction of sp³-hybridized carbons (Fsp3) is 0.364. The average Bonchev–Trinajstić information content (AvgIpc) is 3.61. The van der Waals surface area contributed by atoms with Crippen LogP contribution in [0.4, 0.5) is 0 Å². The Kier molecular flexibility index (Phi) is 6.35. The van der Waals surface area contributed by atoms with E-state index in [9.17, 15) is 18.0 Å². The Morgan fingerprint density at radius 3 is 2.26 bits per heavy atom. The van der Waals surface area contributed by atoms with Crippen LogP contribution in [-0.4, -0.2) is 57.5 Å². The molecule has 2 aromatic carbocycles. The van der Waals surface area contributed by atoms with E-state index in [4.69, 9.17) is 9.47 Å². The number of benzene rings is 2. The van der Waals surface area contributed by atoms with Crippen molar-refractivity contribution >= 4 is 21.9 Å². The van der Waals surface area contributed by atoms with Gasteiger partial charge in [-0.2, -0.15) is 0 Å². The van der Waals surface area contributed by atoms with Crippen molar-refractivity contribution in [3.8, 4) is 0 Å². The number of nitrogens with one attached hydrogen (secondary N) is 1. The molecule has 1 aliphatic carbocycles. The Labute approximate surface area is 181 Å². The SMILES string of the molecule is O=C(O[C@@H](C(=O)N1CCOCC1)c1ccccc1)c1ccc(S(=O)(=O)NC2CC2)cc1. The third-order valence-electron chi connectivity index (χ3n) is 5.17. The molecule has 8 nitrogen and oxygen atoms in total. The van der Waals surface area contributed by atoms with Crippen LogP contribution in [0.25, 0.3) is 0 Å². The molecule has 1 aliphatic heterocycles. The number of nitrogens with zero attached hydrogens (tertiary/aromatic N) is 1. The molecule has 164 valence electrons. The fourth-order valence-electron chi connectivity index (χ4n) is 3.27. The molecule has 9 heteroatoms. The Morgan fingerprint density at radius 2 is 1.65 bits per heavy atom. The summed E-state index contributed by atoms with van der Waals surface area (Å²) in [5.41, 5.74) is 0.737. The Bertz CT molecular complexity index is 1030. The highest BCUT2D eigenvalue weighted by atomic mass is 32.2. The number of hydrogen-bond donors (Lipinski definition) is 1. The zero-order valence-electron chi connectivity index (χ0n) is 16.9. The van der Waals surface area contributed by atoms with Gasteiger partial charge in [0, 0.05) is 24.7 Å². The van der Waals surface area contributed by atoms with E-state index >= 15 is 0 Å². The molecule has 4 rings (SSSR count). The maximum atomic E-state index is 13.1. The summed E-state index contributed by atoms with van der Waals surface area (Å²) in [4.78, 5) is 27.5.